The van der Waals surface area contributed by atoms with Crippen LogP contribution in [0.2, 0.25) is 0 Å². The maximum absolute atomic E-state index is 13.0. The summed E-state index contributed by atoms with van der Waals surface area (Å²) in [6.45, 7) is 13.8. The summed E-state index contributed by atoms with van der Waals surface area (Å²) in [4.78, 5) is 25.1. The molecule has 25 heavy (non-hydrogen) atoms. The molecule has 148 valence electrons. The maximum atomic E-state index is 13.0. The molecule has 0 N–H and O–H groups in total. The Morgan fingerprint density at radius 3 is 1.52 bits per heavy atom. The molecular weight excluding hydrogens is 403 g/mol. The Kier molecular flexibility index (Phi) is 13.3. The Morgan fingerprint density at radius 1 is 0.800 bits per heavy atom. The summed E-state index contributed by atoms with van der Waals surface area (Å²) in [7, 11) is 0. The third-order valence-electron chi connectivity index (χ3n) is 3.96. The average Bonchev–Trinajstić information content (AvgIpc) is 2.58. The summed E-state index contributed by atoms with van der Waals surface area (Å²) in [5, 5.41) is 0. The van der Waals surface area contributed by atoms with Crippen molar-refractivity contribution in [2.45, 2.75) is 92.5 Å². The number of rotatable bonds is 15. The molecule has 7 heteroatoms. The first-order chi connectivity index (χ1) is 11.7. The van der Waals surface area contributed by atoms with Gasteiger partial charge in [0.25, 0.3) is 0 Å². The first kappa shape index (κ1) is 25.1. The van der Waals surface area contributed by atoms with Crippen LogP contribution < -0.4 is 0 Å². The van der Waals surface area contributed by atoms with Crippen LogP contribution in [0.1, 0.15) is 74.1 Å². The van der Waals surface area contributed by atoms with Gasteiger partial charge in [0.05, 0.1) is 0 Å². The van der Waals surface area contributed by atoms with Crippen molar-refractivity contribution in [1.82, 2.24) is 0 Å². The molecule has 0 saturated heterocycles. The van der Waals surface area contributed by atoms with Crippen molar-refractivity contribution in [3.8, 4) is 0 Å². The van der Waals surface area contributed by atoms with Gasteiger partial charge < -0.3 is 0 Å². The van der Waals surface area contributed by atoms with Gasteiger partial charge in [-0.15, -0.1) is 0 Å². The van der Waals surface area contributed by atoms with E-state index in [1.54, 1.807) is 0 Å². The van der Waals surface area contributed by atoms with Crippen LogP contribution in [0.3, 0.4) is 0 Å². The van der Waals surface area contributed by atoms with Crippen LogP contribution in [0.4, 0.5) is 0 Å². The van der Waals surface area contributed by atoms with E-state index in [9.17, 15) is 9.59 Å². The number of hydrogen-bond donors (Lipinski definition) is 0. The molecule has 3 unspecified atom stereocenters. The molecule has 0 aliphatic rings. The zero-order chi connectivity index (χ0) is 19.5. The van der Waals surface area contributed by atoms with Crippen molar-refractivity contribution in [3.63, 3.8) is 0 Å². The molecule has 0 spiro atoms. The van der Waals surface area contributed by atoms with Crippen LogP contribution in [-0.4, -0.2) is 40.8 Å². The first-order valence-electron chi connectivity index (χ1n) is 9.40. The summed E-state index contributed by atoms with van der Waals surface area (Å²) in [6, 6.07) is 0. The third-order valence-corrected chi connectivity index (χ3v) is 11.3. The minimum atomic E-state index is -4.59. The molecule has 0 aromatic heterocycles. The summed E-state index contributed by atoms with van der Waals surface area (Å²) in [5.41, 5.74) is 0. The minimum absolute atomic E-state index is 0.0693. The SMILES string of the molecule is CCOCC(=O)C[C](=O)[Zr]([O]C(C)CC)([O]C(C)CC)[O]C(C)CC. The molecule has 0 bridgehead atoms. The Bertz CT molecular complexity index is 370. The molecule has 0 radical (unpaired) electrons. The van der Waals surface area contributed by atoms with Crippen LogP contribution in [0.25, 0.3) is 0 Å². The average molecular weight is 440 g/mol. The Hall–Kier alpha value is 0.0631. The number of Topliss-reactive ketones (excluding diaryl/α,β-unsaturated/α-hetero) is 1. The van der Waals surface area contributed by atoms with Crippen LogP contribution in [0.15, 0.2) is 0 Å². The molecule has 0 rings (SSSR count). The monoisotopic (exact) mass is 438 g/mol. The van der Waals surface area contributed by atoms with Crippen LogP contribution in [0.5, 0.6) is 0 Å². The quantitative estimate of drug-likeness (QED) is 0.361. The second kappa shape index (κ2) is 13.3. The number of hydrogen-bond acceptors (Lipinski definition) is 6. The van der Waals surface area contributed by atoms with E-state index in [1.807, 2.05) is 48.5 Å². The fourth-order valence-electron chi connectivity index (χ4n) is 1.88. The van der Waals surface area contributed by atoms with Crippen LogP contribution in [-0.2, 0) is 44.4 Å². The van der Waals surface area contributed by atoms with E-state index in [-0.39, 0.29) is 40.6 Å². The normalized spacial score (nSPS) is 17.6. The first-order valence-corrected chi connectivity index (χ1v) is 13.6. The van der Waals surface area contributed by atoms with Gasteiger partial charge in [0, 0.05) is 0 Å². The van der Waals surface area contributed by atoms with E-state index in [4.69, 9.17) is 13.2 Å². The van der Waals surface area contributed by atoms with E-state index in [0.717, 1.165) is 19.3 Å². The molecule has 0 heterocycles. The molecular formula is C18H36O6Zr. The molecule has 0 aliphatic heterocycles. The fourth-order valence-corrected chi connectivity index (χ4v) is 9.41. The van der Waals surface area contributed by atoms with Gasteiger partial charge in [-0.2, -0.15) is 0 Å². The fraction of sp³-hybridized carbons (Fsp3) is 0.889. The van der Waals surface area contributed by atoms with Crippen molar-refractivity contribution in [1.29, 1.82) is 0 Å². The summed E-state index contributed by atoms with van der Waals surface area (Å²) in [5.74, 6) is -0.263. The molecule has 0 amide bonds. The van der Waals surface area contributed by atoms with Gasteiger partial charge in [-0.25, -0.2) is 0 Å². The molecule has 0 fully saturated rings. The molecule has 6 nitrogen and oxygen atoms in total. The molecule has 3 atom stereocenters. The molecule has 0 aromatic rings. The molecule has 0 aromatic carbocycles. The van der Waals surface area contributed by atoms with Gasteiger partial charge in [0.15, 0.2) is 0 Å². The Morgan fingerprint density at radius 2 is 1.20 bits per heavy atom. The van der Waals surface area contributed by atoms with Crippen molar-refractivity contribution in [2.75, 3.05) is 13.2 Å². The summed E-state index contributed by atoms with van der Waals surface area (Å²) in [6.07, 6.45) is 1.50. The third kappa shape index (κ3) is 9.53. The summed E-state index contributed by atoms with van der Waals surface area (Å²) < 4.78 is 23.2. The second-order valence-electron chi connectivity index (χ2n) is 6.34. The van der Waals surface area contributed by atoms with E-state index in [2.05, 4.69) is 0 Å². The number of ketones is 1. The summed E-state index contributed by atoms with van der Waals surface area (Å²) >= 11 is -4.59. The van der Waals surface area contributed by atoms with Gasteiger partial charge in [0.2, 0.25) is 0 Å². The van der Waals surface area contributed by atoms with Gasteiger partial charge in [0.1, 0.15) is 0 Å². The zero-order valence-corrected chi connectivity index (χ0v) is 19.4. The number of carbonyl (C=O) groups is 2. The number of carbonyl (C=O) groups excluding carboxylic acids is 2. The van der Waals surface area contributed by atoms with Crippen molar-refractivity contribution < 1.29 is 44.4 Å². The predicted octanol–water partition coefficient (Wildman–Crippen LogP) is 3.85. The second-order valence-corrected chi connectivity index (χ2v) is 12.2. The molecule has 0 saturated carbocycles. The van der Waals surface area contributed by atoms with Gasteiger partial charge in [-0.1, -0.05) is 0 Å². The Labute approximate surface area is 159 Å². The van der Waals surface area contributed by atoms with Crippen LogP contribution >= 0.6 is 0 Å². The van der Waals surface area contributed by atoms with E-state index in [1.165, 1.54) is 0 Å². The topological polar surface area (TPSA) is 71.1 Å². The van der Waals surface area contributed by atoms with Gasteiger partial charge in [-0.05, 0) is 0 Å². The van der Waals surface area contributed by atoms with Crippen molar-refractivity contribution in [3.05, 3.63) is 0 Å². The standard InChI is InChI=1S/C6H9O3.3C4H9O.Zr/c1-2-9-5-6(8)3-4-7;3*1-3-4(2)5;/h2-3,5H2,1H3;3*4H,3H2,1-2H3;/q;3*-1;+3. The van der Waals surface area contributed by atoms with Gasteiger partial charge in [-0.3, -0.25) is 0 Å². The van der Waals surface area contributed by atoms with E-state index < -0.39 is 21.6 Å². The molecule has 0 aliphatic carbocycles. The van der Waals surface area contributed by atoms with Gasteiger partial charge >= 0.3 is 159 Å². The zero-order valence-electron chi connectivity index (χ0n) is 16.9. The Balaban J connectivity index is 5.51. The van der Waals surface area contributed by atoms with Crippen molar-refractivity contribution in [2.24, 2.45) is 0 Å². The van der Waals surface area contributed by atoms with Crippen LogP contribution in [0, 0.1) is 0 Å². The van der Waals surface area contributed by atoms with E-state index >= 15 is 0 Å². The predicted molar refractivity (Wildman–Crippen MR) is 93.6 cm³/mol. The van der Waals surface area contributed by atoms with E-state index in [0.29, 0.717) is 6.61 Å². The van der Waals surface area contributed by atoms with Crippen molar-refractivity contribution >= 4 is 9.27 Å². The number of ether oxygens (including phenoxy) is 1.